The van der Waals surface area contributed by atoms with Crippen LogP contribution in [0.2, 0.25) is 0 Å². The zero-order chi connectivity index (χ0) is 22.7. The van der Waals surface area contributed by atoms with E-state index in [1.165, 1.54) is 20.8 Å². The number of carbonyl (C=O) groups excluding carboxylic acids is 2. The summed E-state index contributed by atoms with van der Waals surface area (Å²) >= 11 is 0. The third kappa shape index (κ3) is 4.24. The molecule has 0 fully saturated rings. The number of fused-ring (bicyclic) bond motifs is 1. The van der Waals surface area contributed by atoms with Crippen LogP contribution >= 0.6 is 24.2 Å². The van der Waals surface area contributed by atoms with Crippen molar-refractivity contribution in [3.8, 4) is 0 Å². The number of hydrogen-bond donors (Lipinski definition) is 0. The predicted molar refractivity (Wildman–Crippen MR) is 147 cm³/mol. The molecule has 0 unspecified atom stereocenters. The van der Waals surface area contributed by atoms with Crippen molar-refractivity contribution in [2.24, 2.45) is 0 Å². The lowest BCUT2D eigenvalue weighted by Gasteiger charge is -2.39. The van der Waals surface area contributed by atoms with Crippen LogP contribution in [0.25, 0.3) is 0 Å². The van der Waals surface area contributed by atoms with Crippen molar-refractivity contribution < 1.29 is 9.59 Å². The Morgan fingerprint density at radius 1 is 0.529 bits per heavy atom. The van der Waals surface area contributed by atoms with Gasteiger partial charge in [0, 0.05) is 6.54 Å². The van der Waals surface area contributed by atoms with Gasteiger partial charge >= 0.3 is 0 Å². The molecule has 4 aromatic carbocycles. The summed E-state index contributed by atoms with van der Waals surface area (Å²) < 4.78 is 0. The number of nitrogens with zero attached hydrogens (tertiary/aromatic N) is 1. The van der Waals surface area contributed by atoms with Crippen LogP contribution in [0.1, 0.15) is 27.1 Å². The van der Waals surface area contributed by atoms with E-state index in [2.05, 4.69) is 72.8 Å². The number of benzene rings is 4. The average molecular weight is 531 g/mol. The molecule has 5 heteroatoms. The van der Waals surface area contributed by atoms with Gasteiger partial charge in [0.2, 0.25) is 0 Å². The lowest BCUT2D eigenvalue weighted by Crippen LogP contribution is -2.36. The lowest BCUT2D eigenvalue weighted by molar-refractivity contribution is 0.0654. The van der Waals surface area contributed by atoms with Gasteiger partial charge < -0.3 is 0 Å². The zero-order valence-corrected chi connectivity index (χ0v) is 21.3. The largest absolute Gasteiger partial charge is 0.274 e. The van der Waals surface area contributed by atoms with Crippen LogP contribution in [0.4, 0.5) is 0 Å². The molecule has 0 aliphatic carbocycles. The van der Waals surface area contributed by atoms with Gasteiger partial charge in [0.15, 0.2) is 0 Å². The maximum atomic E-state index is 12.9. The molecule has 0 N–H and O–H groups in total. The number of amides is 2. The minimum atomic E-state index is -1.97. The first-order valence-electron chi connectivity index (χ1n) is 11.2. The van der Waals surface area contributed by atoms with Crippen molar-refractivity contribution in [1.82, 2.24) is 4.90 Å². The van der Waals surface area contributed by atoms with Crippen molar-refractivity contribution >= 4 is 52.0 Å². The normalized spacial score (nSPS) is 12.9. The molecule has 171 valence electrons. The van der Waals surface area contributed by atoms with Gasteiger partial charge in [0.25, 0.3) is 11.8 Å². The van der Waals surface area contributed by atoms with E-state index in [0.29, 0.717) is 17.7 Å². The topological polar surface area (TPSA) is 37.4 Å². The lowest BCUT2D eigenvalue weighted by atomic mass is 10.1. The van der Waals surface area contributed by atoms with Gasteiger partial charge in [-0.3, -0.25) is 14.5 Å². The van der Waals surface area contributed by atoms with Crippen LogP contribution in [0, 0.1) is 0 Å². The molecule has 0 bridgehead atoms. The summed E-state index contributed by atoms with van der Waals surface area (Å²) in [7, 11) is -1.97. The molecular formula is C29H26BrNO2P. The summed E-state index contributed by atoms with van der Waals surface area (Å²) in [6.07, 6.45) is 1.61. The van der Waals surface area contributed by atoms with E-state index in [-0.39, 0.29) is 28.8 Å². The first-order valence-corrected chi connectivity index (χ1v) is 13.2. The third-order valence-corrected chi connectivity index (χ3v) is 10.9. The second kappa shape index (κ2) is 10.5. The van der Waals surface area contributed by atoms with Crippen molar-refractivity contribution in [2.45, 2.75) is 6.42 Å². The zero-order valence-electron chi connectivity index (χ0n) is 18.7. The molecule has 1 heterocycles. The Morgan fingerprint density at radius 2 is 0.882 bits per heavy atom. The molecule has 2 amide bonds. The van der Waals surface area contributed by atoms with Gasteiger partial charge in [0.1, 0.15) is 0 Å². The summed E-state index contributed by atoms with van der Waals surface area (Å²) in [6, 6.07) is 39.1. The minimum absolute atomic E-state index is 0. The fraction of sp³-hybridized carbons (Fsp3) is 0.103. The molecule has 3 nitrogen and oxygen atoms in total. The van der Waals surface area contributed by atoms with Crippen LogP contribution in [0.3, 0.4) is 0 Å². The van der Waals surface area contributed by atoms with Crippen LogP contribution < -0.4 is 15.9 Å². The highest BCUT2D eigenvalue weighted by Gasteiger charge is 2.37. The Morgan fingerprint density at radius 3 is 1.26 bits per heavy atom. The highest BCUT2D eigenvalue weighted by molar-refractivity contribution is 8.93. The van der Waals surface area contributed by atoms with Crippen LogP contribution in [0.15, 0.2) is 115 Å². The van der Waals surface area contributed by atoms with E-state index in [9.17, 15) is 9.59 Å². The molecule has 4 aromatic rings. The summed E-state index contributed by atoms with van der Waals surface area (Å²) in [4.78, 5) is 27.2. The summed E-state index contributed by atoms with van der Waals surface area (Å²) in [5.41, 5.74) is 1.02. The molecule has 1 aliphatic heterocycles. The maximum Gasteiger partial charge on any atom is 0.261 e. The van der Waals surface area contributed by atoms with Crippen molar-refractivity contribution in [2.75, 3.05) is 12.7 Å². The minimum Gasteiger partial charge on any atom is -0.274 e. The van der Waals surface area contributed by atoms with Crippen molar-refractivity contribution in [1.29, 1.82) is 0 Å². The fourth-order valence-electron chi connectivity index (χ4n) is 4.79. The summed E-state index contributed by atoms with van der Waals surface area (Å²) in [6.45, 7) is 0.417. The number of rotatable bonds is 7. The van der Waals surface area contributed by atoms with E-state index >= 15 is 0 Å². The fourth-order valence-corrected chi connectivity index (χ4v) is 9.12. The summed E-state index contributed by atoms with van der Waals surface area (Å²) in [5, 5.41) is 3.93. The Kier molecular flexibility index (Phi) is 7.41. The third-order valence-electron chi connectivity index (χ3n) is 6.34. The quantitative estimate of drug-likeness (QED) is 0.242. The van der Waals surface area contributed by atoms with Gasteiger partial charge in [0.05, 0.1) is 11.1 Å². The second-order valence-corrected chi connectivity index (χ2v) is 11.8. The molecule has 1 aliphatic rings. The molecule has 1 radical (unpaired) electrons. The average Bonchev–Trinajstić information content (AvgIpc) is 3.13. The maximum absolute atomic E-state index is 12.9. The Balaban J connectivity index is 0.00000274. The monoisotopic (exact) mass is 530 g/mol. The first kappa shape index (κ1) is 24.1. The molecule has 34 heavy (non-hydrogen) atoms. The molecule has 0 atom stereocenters. The van der Waals surface area contributed by atoms with Gasteiger partial charge in [-0.15, -0.1) is 17.0 Å². The molecule has 0 saturated heterocycles. The second-order valence-electron chi connectivity index (χ2n) is 8.20. The standard InChI is InChI=1S/C29H25NO2P.BrH/c31-28-26-19-10-11-20-27(26)29(32)30(28)21-12-22-33(23-13-4-1-5-14-23,24-15-6-2-7-16-24)25-17-8-3-9-18-25;/h1-11,13-20H,12,21-22H2;1H. The highest BCUT2D eigenvalue weighted by Crippen LogP contribution is 2.55. The number of imide groups is 1. The van der Waals surface area contributed by atoms with E-state index < -0.39 is 7.26 Å². The van der Waals surface area contributed by atoms with Crippen molar-refractivity contribution in [3.05, 3.63) is 126 Å². The van der Waals surface area contributed by atoms with E-state index in [4.69, 9.17) is 0 Å². The smallest absolute Gasteiger partial charge is 0.261 e. The molecule has 5 rings (SSSR count). The summed E-state index contributed by atoms with van der Waals surface area (Å²) in [5.74, 6) is -0.364. The Bertz CT molecular complexity index is 1150. The van der Waals surface area contributed by atoms with Gasteiger partial charge in [-0.05, 0) is 47.9 Å². The Hall–Kier alpha value is -3.07. The van der Waals surface area contributed by atoms with E-state index in [1.54, 1.807) is 12.1 Å². The number of halogens is 1. The van der Waals surface area contributed by atoms with Crippen molar-refractivity contribution in [3.63, 3.8) is 0 Å². The van der Waals surface area contributed by atoms with Crippen LogP contribution in [-0.4, -0.2) is 29.4 Å². The molecule has 0 spiro atoms. The first-order chi connectivity index (χ1) is 16.2. The SMILES string of the molecule is Br.O=C1c2ccccc2C(=O)N1CCC[P](c1ccccc1)(c1ccccc1)c1ccccc1. The number of hydrogen-bond acceptors (Lipinski definition) is 2. The number of carbonyl (C=O) groups is 2. The predicted octanol–water partition coefficient (Wildman–Crippen LogP) is 5.24. The van der Waals surface area contributed by atoms with Gasteiger partial charge in [-0.25, -0.2) is 0 Å². The van der Waals surface area contributed by atoms with E-state index in [0.717, 1.165) is 12.6 Å². The van der Waals surface area contributed by atoms with E-state index in [1.807, 2.05) is 30.3 Å². The molecular weight excluding hydrogens is 505 g/mol. The van der Waals surface area contributed by atoms with Crippen LogP contribution in [-0.2, 0) is 0 Å². The Labute approximate surface area is 211 Å². The molecule has 0 aromatic heterocycles. The molecule has 0 saturated carbocycles. The van der Waals surface area contributed by atoms with Crippen LogP contribution in [0.5, 0.6) is 0 Å². The highest BCUT2D eigenvalue weighted by atomic mass is 79.9. The van der Waals surface area contributed by atoms with Gasteiger partial charge in [-0.2, -0.15) is 0 Å². The van der Waals surface area contributed by atoms with Gasteiger partial charge in [-0.1, -0.05) is 103 Å².